The van der Waals surface area contributed by atoms with Crippen LogP contribution in [0.25, 0.3) is 0 Å². The van der Waals surface area contributed by atoms with Crippen LogP contribution >= 0.6 is 11.6 Å². The van der Waals surface area contributed by atoms with Gasteiger partial charge in [-0.05, 0) is 59.9 Å². The van der Waals surface area contributed by atoms with E-state index in [0.717, 1.165) is 34.6 Å². The molecule has 1 fully saturated rings. The molecule has 4 atom stereocenters. The van der Waals surface area contributed by atoms with Crippen molar-refractivity contribution in [3.63, 3.8) is 0 Å². The standard InChI is InChI=1S/C29H31ClO5/c1-29(16-21-4-2-3-5-27(21)35-29)18-33-24-9-6-19(7-10-24)12-22-13-20(8-11-26(22)30)28-15-23(32)14-25(17-31)34-28/h2-11,13,23,25,28,31-32H,12,14-18H2,1H3. The highest BCUT2D eigenvalue weighted by molar-refractivity contribution is 6.31. The fourth-order valence-electron chi connectivity index (χ4n) is 4.95. The molecule has 5 rings (SSSR count). The number of hydrogen-bond acceptors (Lipinski definition) is 5. The minimum atomic E-state index is -0.483. The number of benzene rings is 3. The molecule has 1 saturated heterocycles. The summed E-state index contributed by atoms with van der Waals surface area (Å²) in [6, 6.07) is 22.0. The van der Waals surface area contributed by atoms with Gasteiger partial charge in [-0.15, -0.1) is 0 Å². The number of hydrogen-bond donors (Lipinski definition) is 2. The molecule has 35 heavy (non-hydrogen) atoms. The number of rotatable bonds is 7. The maximum absolute atomic E-state index is 10.2. The van der Waals surface area contributed by atoms with Gasteiger partial charge in [-0.25, -0.2) is 0 Å². The summed E-state index contributed by atoms with van der Waals surface area (Å²) in [5, 5.41) is 20.3. The van der Waals surface area contributed by atoms with Crippen molar-refractivity contribution in [2.45, 2.75) is 56.5 Å². The molecule has 2 heterocycles. The lowest BCUT2D eigenvalue weighted by atomic mass is 9.94. The van der Waals surface area contributed by atoms with Crippen LogP contribution in [-0.4, -0.2) is 41.2 Å². The van der Waals surface area contributed by atoms with Crippen molar-refractivity contribution < 1.29 is 24.4 Å². The first kappa shape index (κ1) is 24.1. The molecule has 184 valence electrons. The van der Waals surface area contributed by atoms with Gasteiger partial charge in [0.2, 0.25) is 0 Å². The van der Waals surface area contributed by atoms with Crippen LogP contribution in [-0.2, 0) is 17.6 Å². The average molecular weight is 495 g/mol. The van der Waals surface area contributed by atoms with E-state index in [1.807, 2.05) is 60.7 Å². The Kier molecular flexibility index (Phi) is 7.03. The molecule has 0 saturated carbocycles. The van der Waals surface area contributed by atoms with Gasteiger partial charge >= 0.3 is 0 Å². The van der Waals surface area contributed by atoms with E-state index >= 15 is 0 Å². The third-order valence-corrected chi connectivity index (χ3v) is 7.15. The maximum atomic E-state index is 10.2. The van der Waals surface area contributed by atoms with E-state index in [-0.39, 0.29) is 24.4 Å². The molecule has 2 N–H and O–H groups in total. The first-order valence-corrected chi connectivity index (χ1v) is 12.5. The number of aliphatic hydroxyl groups is 2. The van der Waals surface area contributed by atoms with Crippen molar-refractivity contribution in [2.24, 2.45) is 0 Å². The van der Waals surface area contributed by atoms with Gasteiger partial charge in [-0.2, -0.15) is 0 Å². The molecule has 2 aliphatic rings. The van der Waals surface area contributed by atoms with Crippen LogP contribution in [0.2, 0.25) is 5.02 Å². The van der Waals surface area contributed by atoms with Gasteiger partial charge < -0.3 is 24.4 Å². The Bertz CT molecular complexity index is 1140. The molecule has 3 aromatic carbocycles. The quantitative estimate of drug-likeness (QED) is 0.468. The van der Waals surface area contributed by atoms with Gasteiger partial charge in [0, 0.05) is 24.3 Å². The summed E-state index contributed by atoms with van der Waals surface area (Å²) in [5.74, 6) is 1.74. The summed E-state index contributed by atoms with van der Waals surface area (Å²) in [4.78, 5) is 0. The lowest BCUT2D eigenvalue weighted by Crippen LogP contribution is -2.37. The Morgan fingerprint density at radius 1 is 1.06 bits per heavy atom. The first-order valence-electron chi connectivity index (χ1n) is 12.1. The highest BCUT2D eigenvalue weighted by Crippen LogP contribution is 2.36. The van der Waals surface area contributed by atoms with Gasteiger partial charge in [-0.1, -0.05) is 54.1 Å². The fraction of sp³-hybridized carbons (Fsp3) is 0.379. The third kappa shape index (κ3) is 5.65. The summed E-state index contributed by atoms with van der Waals surface area (Å²) in [5.41, 5.74) is 3.91. The molecule has 6 heteroatoms. The third-order valence-electron chi connectivity index (χ3n) is 6.78. The Hall–Kier alpha value is -2.57. The van der Waals surface area contributed by atoms with E-state index < -0.39 is 6.10 Å². The van der Waals surface area contributed by atoms with Gasteiger partial charge in [0.05, 0.1) is 24.9 Å². The Labute approximate surface area is 211 Å². The van der Waals surface area contributed by atoms with Crippen molar-refractivity contribution in [3.8, 4) is 11.5 Å². The summed E-state index contributed by atoms with van der Waals surface area (Å²) < 4.78 is 18.2. The molecule has 0 aromatic heterocycles. The Morgan fingerprint density at radius 2 is 1.86 bits per heavy atom. The van der Waals surface area contributed by atoms with Crippen molar-refractivity contribution in [3.05, 3.63) is 94.0 Å². The van der Waals surface area contributed by atoms with Crippen LogP contribution in [0.3, 0.4) is 0 Å². The minimum absolute atomic E-state index is 0.0966. The highest BCUT2D eigenvalue weighted by atomic mass is 35.5. The summed E-state index contributed by atoms with van der Waals surface area (Å²) >= 11 is 6.51. The molecule has 5 nitrogen and oxygen atoms in total. The lowest BCUT2D eigenvalue weighted by Gasteiger charge is -2.32. The molecule has 0 aliphatic carbocycles. The Balaban J connectivity index is 1.22. The highest BCUT2D eigenvalue weighted by Gasteiger charge is 2.35. The van der Waals surface area contributed by atoms with E-state index in [0.29, 0.717) is 30.9 Å². The fourth-order valence-corrected chi connectivity index (χ4v) is 5.13. The van der Waals surface area contributed by atoms with Crippen LogP contribution in [0.4, 0.5) is 0 Å². The smallest absolute Gasteiger partial charge is 0.144 e. The van der Waals surface area contributed by atoms with Gasteiger partial charge in [0.25, 0.3) is 0 Å². The van der Waals surface area contributed by atoms with E-state index in [2.05, 4.69) is 13.0 Å². The molecular formula is C29H31ClO5. The molecule has 2 aliphatic heterocycles. The number of para-hydroxylation sites is 1. The molecule has 0 amide bonds. The molecule has 4 unspecified atom stereocenters. The first-order chi connectivity index (χ1) is 16.9. The van der Waals surface area contributed by atoms with Crippen LogP contribution in [0.5, 0.6) is 11.5 Å². The minimum Gasteiger partial charge on any atom is -0.489 e. The van der Waals surface area contributed by atoms with Crippen molar-refractivity contribution >= 4 is 11.6 Å². The SMILES string of the molecule is CC1(COc2ccc(Cc3cc(C4CC(O)CC(CO)O4)ccc3Cl)cc2)Cc2ccccc2O1. The summed E-state index contributed by atoms with van der Waals surface area (Å²) in [7, 11) is 0. The lowest BCUT2D eigenvalue weighted by molar-refractivity contribution is -0.113. The van der Waals surface area contributed by atoms with Gasteiger partial charge in [-0.3, -0.25) is 0 Å². The predicted molar refractivity (Wildman–Crippen MR) is 135 cm³/mol. The predicted octanol–water partition coefficient (Wildman–Crippen LogP) is 5.28. The van der Waals surface area contributed by atoms with Crippen molar-refractivity contribution in [1.29, 1.82) is 0 Å². The van der Waals surface area contributed by atoms with E-state index in [9.17, 15) is 10.2 Å². The van der Waals surface area contributed by atoms with Crippen LogP contribution in [0.1, 0.15) is 48.1 Å². The molecule has 0 radical (unpaired) electrons. The second kappa shape index (κ2) is 10.2. The topological polar surface area (TPSA) is 68.2 Å². The Morgan fingerprint density at radius 3 is 2.63 bits per heavy atom. The summed E-state index contributed by atoms with van der Waals surface area (Å²) in [6.45, 7) is 2.45. The number of fused-ring (bicyclic) bond motifs is 1. The van der Waals surface area contributed by atoms with Gasteiger partial charge in [0.1, 0.15) is 23.7 Å². The maximum Gasteiger partial charge on any atom is 0.144 e. The molecular weight excluding hydrogens is 464 g/mol. The van der Waals surface area contributed by atoms with Crippen molar-refractivity contribution in [2.75, 3.05) is 13.2 Å². The van der Waals surface area contributed by atoms with Crippen LogP contribution < -0.4 is 9.47 Å². The molecule has 3 aromatic rings. The second-order valence-electron chi connectivity index (χ2n) is 9.85. The number of halogens is 1. The largest absolute Gasteiger partial charge is 0.489 e. The zero-order valence-corrected chi connectivity index (χ0v) is 20.6. The van der Waals surface area contributed by atoms with Gasteiger partial charge in [0.15, 0.2) is 0 Å². The zero-order valence-electron chi connectivity index (χ0n) is 19.8. The second-order valence-corrected chi connectivity index (χ2v) is 10.3. The van der Waals surface area contributed by atoms with Crippen LogP contribution in [0, 0.1) is 0 Å². The zero-order chi connectivity index (χ0) is 24.4. The monoisotopic (exact) mass is 494 g/mol. The molecule has 0 bridgehead atoms. The molecule has 0 spiro atoms. The van der Waals surface area contributed by atoms with E-state index in [1.165, 1.54) is 5.56 Å². The van der Waals surface area contributed by atoms with Crippen molar-refractivity contribution in [1.82, 2.24) is 0 Å². The average Bonchev–Trinajstić information content (AvgIpc) is 3.21. The number of ether oxygens (including phenoxy) is 3. The summed E-state index contributed by atoms with van der Waals surface area (Å²) in [6.07, 6.45) is 1.38. The normalized spacial score (nSPS) is 25.7. The van der Waals surface area contributed by atoms with E-state index in [1.54, 1.807) is 0 Å². The van der Waals surface area contributed by atoms with E-state index in [4.69, 9.17) is 25.8 Å². The van der Waals surface area contributed by atoms with Crippen LogP contribution in [0.15, 0.2) is 66.7 Å². The number of aliphatic hydroxyl groups excluding tert-OH is 2.